The molecule has 23 heavy (non-hydrogen) atoms. The lowest BCUT2D eigenvalue weighted by Gasteiger charge is -2.10. The van der Waals surface area contributed by atoms with Crippen LogP contribution in [-0.4, -0.2) is 15.9 Å². The predicted molar refractivity (Wildman–Crippen MR) is 85.0 cm³/mol. The van der Waals surface area contributed by atoms with Gasteiger partial charge in [-0.05, 0) is 48.0 Å². The van der Waals surface area contributed by atoms with Crippen molar-refractivity contribution in [3.63, 3.8) is 0 Å². The molecule has 3 aromatic rings. The summed E-state index contributed by atoms with van der Waals surface area (Å²) in [5.74, 6) is -0.622. The van der Waals surface area contributed by atoms with E-state index in [9.17, 15) is 9.18 Å². The van der Waals surface area contributed by atoms with Crippen molar-refractivity contribution >= 4 is 5.91 Å². The first-order valence-electron chi connectivity index (χ1n) is 7.12. The Hall–Kier alpha value is -3.08. The van der Waals surface area contributed by atoms with E-state index in [1.165, 1.54) is 24.3 Å². The van der Waals surface area contributed by atoms with Gasteiger partial charge in [-0.25, -0.2) is 4.39 Å². The van der Waals surface area contributed by atoms with Crippen LogP contribution in [0.4, 0.5) is 4.39 Å². The molecular formula is C18H14FN3O. The quantitative estimate of drug-likeness (QED) is 0.805. The average Bonchev–Trinajstić information content (AvgIpc) is 2.61. The molecule has 114 valence electrons. The van der Waals surface area contributed by atoms with Gasteiger partial charge >= 0.3 is 0 Å². The van der Waals surface area contributed by atoms with Gasteiger partial charge in [-0.1, -0.05) is 6.07 Å². The Morgan fingerprint density at radius 2 is 1.74 bits per heavy atom. The zero-order chi connectivity index (χ0) is 16.1. The maximum atomic E-state index is 12.9. The van der Waals surface area contributed by atoms with Crippen LogP contribution in [0.5, 0.6) is 0 Å². The molecule has 0 aliphatic rings. The number of aromatic nitrogens is 2. The molecule has 0 saturated heterocycles. The van der Waals surface area contributed by atoms with Crippen LogP contribution in [0.25, 0.3) is 11.3 Å². The van der Waals surface area contributed by atoms with Gasteiger partial charge in [0.25, 0.3) is 5.91 Å². The van der Waals surface area contributed by atoms with Crippen molar-refractivity contribution in [2.75, 3.05) is 0 Å². The minimum absolute atomic E-state index is 0.255. The van der Waals surface area contributed by atoms with Crippen LogP contribution in [0.1, 0.15) is 15.9 Å². The van der Waals surface area contributed by atoms with E-state index < -0.39 is 0 Å². The van der Waals surface area contributed by atoms with E-state index in [1.807, 2.05) is 24.3 Å². The molecule has 0 fully saturated rings. The van der Waals surface area contributed by atoms with Crippen molar-refractivity contribution in [1.82, 2.24) is 15.3 Å². The Morgan fingerprint density at radius 3 is 2.48 bits per heavy atom. The molecule has 0 radical (unpaired) electrons. The number of nitrogens with zero attached hydrogens (tertiary/aromatic N) is 2. The Kier molecular flexibility index (Phi) is 4.38. The lowest BCUT2D eigenvalue weighted by Crippen LogP contribution is -2.23. The van der Waals surface area contributed by atoms with E-state index in [-0.39, 0.29) is 11.7 Å². The second-order valence-electron chi connectivity index (χ2n) is 4.94. The molecule has 0 saturated carbocycles. The Bertz CT molecular complexity index is 804. The SMILES string of the molecule is O=C(NCc1cccnc1-c1ccncc1)c1ccc(F)cc1. The predicted octanol–water partition coefficient (Wildman–Crippen LogP) is 3.21. The van der Waals surface area contributed by atoms with Gasteiger partial charge in [0.1, 0.15) is 5.82 Å². The Labute approximate surface area is 133 Å². The zero-order valence-corrected chi connectivity index (χ0v) is 12.2. The molecule has 0 unspecified atom stereocenters. The molecule has 0 bridgehead atoms. The summed E-state index contributed by atoms with van der Waals surface area (Å²) in [6, 6.07) is 12.9. The molecule has 1 N–H and O–H groups in total. The fourth-order valence-corrected chi connectivity index (χ4v) is 2.23. The number of pyridine rings is 2. The average molecular weight is 307 g/mol. The molecule has 0 aliphatic carbocycles. The van der Waals surface area contributed by atoms with Crippen LogP contribution in [0, 0.1) is 5.82 Å². The monoisotopic (exact) mass is 307 g/mol. The van der Waals surface area contributed by atoms with Crippen LogP contribution in [0.15, 0.2) is 67.1 Å². The third kappa shape index (κ3) is 3.58. The summed E-state index contributed by atoms with van der Waals surface area (Å²) in [5.41, 5.74) is 3.05. The van der Waals surface area contributed by atoms with Gasteiger partial charge in [0.05, 0.1) is 5.69 Å². The lowest BCUT2D eigenvalue weighted by molar-refractivity contribution is 0.0951. The van der Waals surface area contributed by atoms with Gasteiger partial charge in [-0.3, -0.25) is 14.8 Å². The van der Waals surface area contributed by atoms with Gasteiger partial charge in [0, 0.05) is 36.3 Å². The summed E-state index contributed by atoms with van der Waals surface area (Å²) >= 11 is 0. The number of carbonyl (C=O) groups is 1. The maximum Gasteiger partial charge on any atom is 0.251 e. The maximum absolute atomic E-state index is 12.9. The smallest absolute Gasteiger partial charge is 0.251 e. The van der Waals surface area contributed by atoms with Crippen LogP contribution < -0.4 is 5.32 Å². The topological polar surface area (TPSA) is 54.9 Å². The van der Waals surface area contributed by atoms with Crippen LogP contribution in [0.2, 0.25) is 0 Å². The van der Waals surface area contributed by atoms with Crippen LogP contribution in [-0.2, 0) is 6.54 Å². The summed E-state index contributed by atoms with van der Waals surface area (Å²) in [6.45, 7) is 0.335. The molecule has 3 rings (SSSR count). The first kappa shape index (κ1) is 14.8. The molecule has 2 aromatic heterocycles. The van der Waals surface area contributed by atoms with Gasteiger partial charge in [0.2, 0.25) is 0 Å². The van der Waals surface area contributed by atoms with Gasteiger partial charge in [-0.15, -0.1) is 0 Å². The molecule has 2 heterocycles. The number of nitrogens with one attached hydrogen (secondary N) is 1. The molecular weight excluding hydrogens is 293 g/mol. The van der Waals surface area contributed by atoms with E-state index in [0.29, 0.717) is 12.1 Å². The fraction of sp³-hybridized carbons (Fsp3) is 0.0556. The fourth-order valence-electron chi connectivity index (χ4n) is 2.23. The highest BCUT2D eigenvalue weighted by molar-refractivity contribution is 5.94. The van der Waals surface area contributed by atoms with E-state index in [2.05, 4.69) is 15.3 Å². The normalized spacial score (nSPS) is 10.3. The van der Waals surface area contributed by atoms with Crippen molar-refractivity contribution in [3.05, 3.63) is 84.1 Å². The molecule has 0 spiro atoms. The first-order valence-corrected chi connectivity index (χ1v) is 7.12. The number of rotatable bonds is 4. The molecule has 0 atom stereocenters. The van der Waals surface area contributed by atoms with Gasteiger partial charge in [-0.2, -0.15) is 0 Å². The first-order chi connectivity index (χ1) is 11.2. The molecule has 1 amide bonds. The van der Waals surface area contributed by atoms with Crippen molar-refractivity contribution in [3.8, 4) is 11.3 Å². The second-order valence-corrected chi connectivity index (χ2v) is 4.94. The number of benzene rings is 1. The second kappa shape index (κ2) is 6.79. The Morgan fingerprint density at radius 1 is 1.00 bits per heavy atom. The number of amides is 1. The number of carbonyl (C=O) groups excluding carboxylic acids is 1. The lowest BCUT2D eigenvalue weighted by atomic mass is 10.1. The van der Waals surface area contributed by atoms with Crippen molar-refractivity contribution < 1.29 is 9.18 Å². The highest BCUT2D eigenvalue weighted by Gasteiger charge is 2.09. The number of hydrogen-bond donors (Lipinski definition) is 1. The minimum Gasteiger partial charge on any atom is -0.348 e. The summed E-state index contributed by atoms with van der Waals surface area (Å²) < 4.78 is 12.9. The van der Waals surface area contributed by atoms with Gasteiger partial charge < -0.3 is 5.32 Å². The number of halogens is 1. The summed E-state index contributed by atoms with van der Waals surface area (Å²) in [6.07, 6.45) is 5.11. The molecule has 1 aromatic carbocycles. The van der Waals surface area contributed by atoms with Crippen molar-refractivity contribution in [1.29, 1.82) is 0 Å². The van der Waals surface area contributed by atoms with Crippen LogP contribution >= 0.6 is 0 Å². The third-order valence-corrected chi connectivity index (χ3v) is 3.39. The number of hydrogen-bond acceptors (Lipinski definition) is 3. The summed E-state index contributed by atoms with van der Waals surface area (Å²) in [5, 5.41) is 2.83. The highest BCUT2D eigenvalue weighted by atomic mass is 19.1. The van der Waals surface area contributed by atoms with Crippen LogP contribution in [0.3, 0.4) is 0 Å². The Balaban J connectivity index is 1.76. The van der Waals surface area contributed by atoms with Gasteiger partial charge in [0.15, 0.2) is 0 Å². The van der Waals surface area contributed by atoms with Crippen molar-refractivity contribution in [2.45, 2.75) is 6.54 Å². The van der Waals surface area contributed by atoms with E-state index >= 15 is 0 Å². The summed E-state index contributed by atoms with van der Waals surface area (Å²) in [4.78, 5) is 20.5. The van der Waals surface area contributed by atoms with E-state index in [4.69, 9.17) is 0 Å². The van der Waals surface area contributed by atoms with E-state index in [1.54, 1.807) is 18.6 Å². The minimum atomic E-state index is -0.367. The third-order valence-electron chi connectivity index (χ3n) is 3.39. The zero-order valence-electron chi connectivity index (χ0n) is 12.2. The summed E-state index contributed by atoms with van der Waals surface area (Å²) in [7, 11) is 0. The molecule has 5 heteroatoms. The molecule has 0 aliphatic heterocycles. The molecule has 4 nitrogen and oxygen atoms in total. The van der Waals surface area contributed by atoms with Crippen molar-refractivity contribution in [2.24, 2.45) is 0 Å². The standard InChI is InChI=1S/C18H14FN3O/c19-16-5-3-14(4-6-16)18(23)22-12-15-2-1-9-21-17(15)13-7-10-20-11-8-13/h1-11H,12H2,(H,22,23). The largest absolute Gasteiger partial charge is 0.348 e. The highest BCUT2D eigenvalue weighted by Crippen LogP contribution is 2.20. The van der Waals surface area contributed by atoms with E-state index in [0.717, 1.165) is 16.8 Å².